The Balaban J connectivity index is 2.68. The van der Waals surface area contributed by atoms with Crippen LogP contribution in [-0.4, -0.2) is 4.92 Å². The van der Waals surface area contributed by atoms with Gasteiger partial charge < -0.3 is 5.32 Å². The molecule has 25 heavy (non-hydrogen) atoms. The first-order valence-electron chi connectivity index (χ1n) is 6.14. The molecule has 2 aromatic rings. The molecule has 0 saturated carbocycles. The fourth-order valence-electron chi connectivity index (χ4n) is 1.89. The number of nitrogens with one attached hydrogen (secondary N) is 1. The van der Waals surface area contributed by atoms with Crippen molar-refractivity contribution in [1.82, 2.24) is 0 Å². The van der Waals surface area contributed by atoms with Gasteiger partial charge in [0.2, 0.25) is 0 Å². The lowest BCUT2D eigenvalue weighted by atomic mass is 10.1. The van der Waals surface area contributed by atoms with Crippen molar-refractivity contribution in [2.75, 3.05) is 5.32 Å². The van der Waals surface area contributed by atoms with Gasteiger partial charge in [-0.15, -0.1) is 0 Å². The van der Waals surface area contributed by atoms with E-state index in [0.29, 0.717) is 12.1 Å². The highest BCUT2D eigenvalue weighted by Gasteiger charge is 2.24. The van der Waals surface area contributed by atoms with E-state index in [0.717, 1.165) is 0 Å². The number of nitriles is 2. The lowest BCUT2D eigenvalue weighted by Gasteiger charge is -2.15. The zero-order valence-electron chi connectivity index (χ0n) is 11.7. The van der Waals surface area contributed by atoms with Crippen LogP contribution in [0.4, 0.5) is 25.8 Å². The molecule has 0 aromatic heterocycles. The van der Waals surface area contributed by atoms with Gasteiger partial charge in [0.15, 0.2) is 11.6 Å². The van der Waals surface area contributed by atoms with Crippen molar-refractivity contribution in [3.05, 3.63) is 60.1 Å². The number of nitro benzene ring substituents is 1. The first-order chi connectivity index (χ1) is 11.7. The summed E-state index contributed by atoms with van der Waals surface area (Å²) in [6, 6.07) is 4.28. The first kappa shape index (κ1) is 18.7. The average molecular weight is 404 g/mol. The third kappa shape index (κ3) is 3.28. The van der Waals surface area contributed by atoms with Crippen LogP contribution in [0.5, 0.6) is 0 Å². The van der Waals surface area contributed by atoms with E-state index in [1.807, 2.05) is 0 Å². The zero-order valence-corrected chi connectivity index (χ0v) is 14.0. The van der Waals surface area contributed by atoms with Crippen molar-refractivity contribution >= 4 is 51.9 Å². The van der Waals surface area contributed by atoms with Crippen LogP contribution >= 0.6 is 34.8 Å². The van der Waals surface area contributed by atoms with Gasteiger partial charge in [-0.3, -0.25) is 10.1 Å². The molecule has 0 amide bonds. The SMILES string of the molecule is N#Cc1c(Cl)c(Cl)c(Nc2c(F)cc([N+](=O)[O-])cc2F)c(Cl)c1C#N. The Kier molecular flexibility index (Phi) is 5.29. The van der Waals surface area contributed by atoms with Crippen molar-refractivity contribution in [3.8, 4) is 12.1 Å². The second-order valence-electron chi connectivity index (χ2n) is 4.46. The largest absolute Gasteiger partial charge is 0.348 e. The van der Waals surface area contributed by atoms with Gasteiger partial charge in [0, 0.05) is 0 Å². The van der Waals surface area contributed by atoms with E-state index in [2.05, 4.69) is 5.32 Å². The summed E-state index contributed by atoms with van der Waals surface area (Å²) >= 11 is 17.8. The summed E-state index contributed by atoms with van der Waals surface area (Å²) in [7, 11) is 0. The zero-order chi connectivity index (χ0) is 18.9. The highest BCUT2D eigenvalue weighted by Crippen LogP contribution is 2.43. The molecule has 0 aliphatic rings. The molecule has 11 heteroatoms. The quantitative estimate of drug-likeness (QED) is 0.424. The van der Waals surface area contributed by atoms with Gasteiger partial charge in [-0.2, -0.15) is 10.5 Å². The van der Waals surface area contributed by atoms with E-state index in [9.17, 15) is 18.9 Å². The van der Waals surface area contributed by atoms with Crippen molar-refractivity contribution in [2.24, 2.45) is 0 Å². The Labute approximate surface area is 153 Å². The minimum Gasteiger partial charge on any atom is -0.348 e. The number of hydrogen-bond donors (Lipinski definition) is 1. The third-order valence-electron chi connectivity index (χ3n) is 3.03. The van der Waals surface area contributed by atoms with Crippen LogP contribution < -0.4 is 5.32 Å². The summed E-state index contributed by atoms with van der Waals surface area (Å²) in [6.45, 7) is 0. The molecule has 2 rings (SSSR count). The third-order valence-corrected chi connectivity index (χ3v) is 4.26. The number of benzene rings is 2. The average Bonchev–Trinajstić information content (AvgIpc) is 2.56. The predicted octanol–water partition coefficient (Wildman–Crippen LogP) is 5.32. The number of nitro groups is 1. The normalized spacial score (nSPS) is 10.0. The van der Waals surface area contributed by atoms with E-state index in [-0.39, 0.29) is 31.9 Å². The van der Waals surface area contributed by atoms with Gasteiger partial charge in [0.25, 0.3) is 5.69 Å². The lowest BCUT2D eigenvalue weighted by Crippen LogP contribution is -2.03. The Hall–Kier alpha value is -2.65. The maximum atomic E-state index is 14.0. The Morgan fingerprint density at radius 2 is 1.44 bits per heavy atom. The van der Waals surface area contributed by atoms with Gasteiger partial charge in [-0.1, -0.05) is 34.8 Å². The second-order valence-corrected chi connectivity index (χ2v) is 5.59. The molecular formula is C14H3Cl3F2N4O2. The molecule has 126 valence electrons. The van der Waals surface area contributed by atoms with Gasteiger partial charge in [-0.05, 0) is 0 Å². The molecule has 0 radical (unpaired) electrons. The number of halogens is 5. The summed E-state index contributed by atoms with van der Waals surface area (Å²) in [5.41, 5.74) is -2.55. The van der Waals surface area contributed by atoms with E-state index in [4.69, 9.17) is 45.3 Å². The van der Waals surface area contributed by atoms with Crippen LogP contribution in [-0.2, 0) is 0 Å². The topological polar surface area (TPSA) is 103 Å². The Bertz CT molecular complexity index is 976. The van der Waals surface area contributed by atoms with Crippen LogP contribution in [0.1, 0.15) is 11.1 Å². The maximum absolute atomic E-state index is 14.0. The summed E-state index contributed by atoms with van der Waals surface area (Å²) < 4.78 is 28.0. The van der Waals surface area contributed by atoms with Crippen LogP contribution in [0.15, 0.2) is 12.1 Å². The molecule has 0 atom stereocenters. The van der Waals surface area contributed by atoms with Crippen molar-refractivity contribution < 1.29 is 13.7 Å². The van der Waals surface area contributed by atoms with E-state index in [1.165, 1.54) is 0 Å². The fraction of sp³-hybridized carbons (Fsp3) is 0. The number of rotatable bonds is 3. The second kappa shape index (κ2) is 7.08. The summed E-state index contributed by atoms with van der Waals surface area (Å²) in [5, 5.41) is 29.9. The summed E-state index contributed by atoms with van der Waals surface area (Å²) in [5.74, 6) is -2.59. The van der Waals surface area contributed by atoms with E-state index in [1.54, 1.807) is 12.1 Å². The minimum absolute atomic E-state index is 0.297. The summed E-state index contributed by atoms with van der Waals surface area (Å²) in [4.78, 5) is 9.64. The van der Waals surface area contributed by atoms with Crippen LogP contribution in [0.2, 0.25) is 15.1 Å². The molecule has 0 saturated heterocycles. The maximum Gasteiger partial charge on any atom is 0.275 e. The molecule has 0 bridgehead atoms. The number of hydrogen-bond acceptors (Lipinski definition) is 5. The van der Waals surface area contributed by atoms with Crippen molar-refractivity contribution in [2.45, 2.75) is 0 Å². The lowest BCUT2D eigenvalue weighted by molar-refractivity contribution is -0.385. The Morgan fingerprint density at radius 1 is 0.960 bits per heavy atom. The van der Waals surface area contributed by atoms with Gasteiger partial charge in [0.1, 0.15) is 17.8 Å². The summed E-state index contributed by atoms with van der Waals surface area (Å²) in [6.07, 6.45) is 0. The Morgan fingerprint density at radius 3 is 1.88 bits per heavy atom. The van der Waals surface area contributed by atoms with Crippen molar-refractivity contribution in [3.63, 3.8) is 0 Å². The standard InChI is InChI=1S/C14H3Cl3F2N4O2/c15-10-6(3-20)7(4-21)11(16)14(12(10)17)22-13-8(18)1-5(23(24)25)2-9(13)19/h1-2,22H. The highest BCUT2D eigenvalue weighted by molar-refractivity contribution is 6.47. The molecule has 2 aromatic carbocycles. The van der Waals surface area contributed by atoms with Gasteiger partial charge in [0.05, 0.1) is 48.9 Å². The molecule has 0 fully saturated rings. The number of non-ortho nitro benzene ring substituents is 1. The fourth-order valence-corrected chi connectivity index (χ4v) is 2.68. The smallest absolute Gasteiger partial charge is 0.275 e. The monoisotopic (exact) mass is 402 g/mol. The minimum atomic E-state index is -1.29. The molecule has 6 nitrogen and oxygen atoms in total. The van der Waals surface area contributed by atoms with Gasteiger partial charge in [-0.25, -0.2) is 8.78 Å². The van der Waals surface area contributed by atoms with Crippen LogP contribution in [0.25, 0.3) is 0 Å². The van der Waals surface area contributed by atoms with Gasteiger partial charge >= 0.3 is 0 Å². The molecule has 0 aliphatic carbocycles. The molecule has 1 N–H and O–H groups in total. The highest BCUT2D eigenvalue weighted by atomic mass is 35.5. The molecule has 0 spiro atoms. The van der Waals surface area contributed by atoms with Crippen LogP contribution in [0, 0.1) is 44.4 Å². The first-order valence-corrected chi connectivity index (χ1v) is 7.27. The molecular weight excluding hydrogens is 401 g/mol. The predicted molar refractivity (Wildman–Crippen MR) is 87.2 cm³/mol. The van der Waals surface area contributed by atoms with Crippen molar-refractivity contribution in [1.29, 1.82) is 10.5 Å². The number of anilines is 2. The van der Waals surface area contributed by atoms with E-state index >= 15 is 0 Å². The molecule has 0 heterocycles. The number of nitrogens with zero attached hydrogens (tertiary/aromatic N) is 3. The molecule has 0 aliphatic heterocycles. The van der Waals surface area contributed by atoms with Crippen LogP contribution in [0.3, 0.4) is 0 Å². The van der Waals surface area contributed by atoms with E-state index < -0.39 is 27.9 Å². The molecule has 0 unspecified atom stereocenters.